The molecule has 1 heterocycles. The molecule has 90 valence electrons. The lowest BCUT2D eigenvalue weighted by molar-refractivity contribution is 0.0947. The van der Waals surface area contributed by atoms with Gasteiger partial charge in [0.05, 0.1) is 5.56 Å². The van der Waals surface area contributed by atoms with Crippen LogP contribution in [0.1, 0.15) is 34.4 Å². The van der Waals surface area contributed by atoms with Crippen molar-refractivity contribution in [2.24, 2.45) is 5.92 Å². The molecule has 0 aliphatic heterocycles. The van der Waals surface area contributed by atoms with Gasteiger partial charge in [-0.3, -0.25) is 4.79 Å². The lowest BCUT2D eigenvalue weighted by Crippen LogP contribution is -2.29. The standard InChI is InChI=1S/C12H18BrNO2/c1-7(5-13)6-14-12(15)11-8(2)9(3)16-10(11)4/h7H,5-6H2,1-4H3,(H,14,15). The summed E-state index contributed by atoms with van der Waals surface area (Å²) in [5.41, 5.74) is 1.61. The minimum atomic E-state index is -0.0420. The molecule has 0 radical (unpaired) electrons. The van der Waals surface area contributed by atoms with Gasteiger partial charge in [-0.1, -0.05) is 22.9 Å². The largest absolute Gasteiger partial charge is 0.466 e. The van der Waals surface area contributed by atoms with Crippen LogP contribution in [0, 0.1) is 26.7 Å². The van der Waals surface area contributed by atoms with Crippen LogP contribution < -0.4 is 5.32 Å². The minimum Gasteiger partial charge on any atom is -0.466 e. The summed E-state index contributed by atoms with van der Waals surface area (Å²) in [5, 5.41) is 3.80. The van der Waals surface area contributed by atoms with Crippen LogP contribution in [0.25, 0.3) is 0 Å². The molecule has 0 aliphatic carbocycles. The predicted octanol–water partition coefficient (Wildman–Crippen LogP) is 2.97. The molecule has 16 heavy (non-hydrogen) atoms. The second-order valence-corrected chi connectivity index (χ2v) is 4.83. The Morgan fingerprint density at radius 2 is 2.00 bits per heavy atom. The summed E-state index contributed by atoms with van der Waals surface area (Å²) in [5.74, 6) is 1.90. The van der Waals surface area contributed by atoms with Crippen molar-refractivity contribution in [3.05, 3.63) is 22.6 Å². The van der Waals surface area contributed by atoms with E-state index < -0.39 is 0 Å². The van der Waals surface area contributed by atoms with E-state index in [4.69, 9.17) is 4.42 Å². The van der Waals surface area contributed by atoms with Crippen molar-refractivity contribution in [1.82, 2.24) is 5.32 Å². The second-order valence-electron chi connectivity index (χ2n) is 4.18. The number of amides is 1. The zero-order chi connectivity index (χ0) is 12.3. The van der Waals surface area contributed by atoms with E-state index in [1.807, 2.05) is 20.8 Å². The molecule has 4 heteroatoms. The van der Waals surface area contributed by atoms with Gasteiger partial charge in [0.1, 0.15) is 11.5 Å². The van der Waals surface area contributed by atoms with Gasteiger partial charge in [0.2, 0.25) is 0 Å². The zero-order valence-corrected chi connectivity index (χ0v) is 11.8. The Balaban J connectivity index is 2.73. The van der Waals surface area contributed by atoms with E-state index in [1.165, 1.54) is 0 Å². The van der Waals surface area contributed by atoms with Gasteiger partial charge < -0.3 is 9.73 Å². The second kappa shape index (κ2) is 5.53. The Morgan fingerprint density at radius 3 is 2.44 bits per heavy atom. The number of carbonyl (C=O) groups is 1. The van der Waals surface area contributed by atoms with Gasteiger partial charge in [-0.05, 0) is 26.7 Å². The molecule has 1 atom stereocenters. The third-order valence-electron chi connectivity index (χ3n) is 2.66. The molecular weight excluding hydrogens is 270 g/mol. The van der Waals surface area contributed by atoms with Gasteiger partial charge >= 0.3 is 0 Å². The van der Waals surface area contributed by atoms with E-state index in [1.54, 1.807) is 0 Å². The fourth-order valence-corrected chi connectivity index (χ4v) is 1.77. The van der Waals surface area contributed by atoms with Crippen molar-refractivity contribution in [2.45, 2.75) is 27.7 Å². The van der Waals surface area contributed by atoms with Gasteiger partial charge in [-0.15, -0.1) is 0 Å². The predicted molar refractivity (Wildman–Crippen MR) is 68.2 cm³/mol. The van der Waals surface area contributed by atoms with E-state index in [0.29, 0.717) is 23.8 Å². The summed E-state index contributed by atoms with van der Waals surface area (Å²) in [7, 11) is 0. The molecule has 1 unspecified atom stereocenters. The molecule has 1 N–H and O–H groups in total. The lowest BCUT2D eigenvalue weighted by atomic mass is 10.1. The molecular formula is C12H18BrNO2. The van der Waals surface area contributed by atoms with Crippen LogP contribution in [0.2, 0.25) is 0 Å². The lowest BCUT2D eigenvalue weighted by Gasteiger charge is -2.09. The van der Waals surface area contributed by atoms with Crippen molar-refractivity contribution >= 4 is 21.8 Å². The van der Waals surface area contributed by atoms with Crippen LogP contribution in [0.5, 0.6) is 0 Å². The molecule has 0 fully saturated rings. The maximum absolute atomic E-state index is 11.9. The van der Waals surface area contributed by atoms with Crippen LogP contribution in [-0.4, -0.2) is 17.8 Å². The van der Waals surface area contributed by atoms with Crippen LogP contribution >= 0.6 is 15.9 Å². The molecule has 0 spiro atoms. The molecule has 0 bridgehead atoms. The highest BCUT2D eigenvalue weighted by atomic mass is 79.9. The number of furan rings is 1. The molecule has 1 aromatic heterocycles. The SMILES string of the molecule is Cc1oc(C)c(C(=O)NCC(C)CBr)c1C. The van der Waals surface area contributed by atoms with Gasteiger partial charge in [0, 0.05) is 17.4 Å². The number of hydrogen-bond donors (Lipinski definition) is 1. The number of carbonyl (C=O) groups excluding carboxylic acids is 1. The first-order valence-corrected chi connectivity index (χ1v) is 6.50. The Kier molecular flexibility index (Phi) is 4.59. The number of hydrogen-bond acceptors (Lipinski definition) is 2. The quantitative estimate of drug-likeness (QED) is 0.865. The average molecular weight is 288 g/mol. The number of aryl methyl sites for hydroxylation is 2. The molecule has 3 nitrogen and oxygen atoms in total. The average Bonchev–Trinajstić information content (AvgIpc) is 2.49. The maximum Gasteiger partial charge on any atom is 0.255 e. The van der Waals surface area contributed by atoms with E-state index >= 15 is 0 Å². The van der Waals surface area contributed by atoms with Crippen molar-refractivity contribution in [1.29, 1.82) is 0 Å². The van der Waals surface area contributed by atoms with E-state index in [9.17, 15) is 4.79 Å². The van der Waals surface area contributed by atoms with Crippen LogP contribution in [-0.2, 0) is 0 Å². The highest BCUT2D eigenvalue weighted by Gasteiger charge is 2.18. The number of rotatable bonds is 4. The molecule has 1 aromatic rings. The van der Waals surface area contributed by atoms with Gasteiger partial charge in [-0.25, -0.2) is 0 Å². The first kappa shape index (κ1) is 13.3. The molecule has 0 aliphatic rings. The fourth-order valence-electron chi connectivity index (χ4n) is 1.54. The monoisotopic (exact) mass is 287 g/mol. The Bertz CT molecular complexity index is 385. The summed E-state index contributed by atoms with van der Waals surface area (Å²) < 4.78 is 5.43. The van der Waals surface area contributed by atoms with Crippen LogP contribution in [0.15, 0.2) is 4.42 Å². The molecule has 1 amide bonds. The molecule has 0 saturated carbocycles. The van der Waals surface area contributed by atoms with Gasteiger partial charge in [-0.2, -0.15) is 0 Å². The Hall–Kier alpha value is -0.770. The fraction of sp³-hybridized carbons (Fsp3) is 0.583. The summed E-state index contributed by atoms with van der Waals surface area (Å²) in [6.45, 7) is 8.36. The van der Waals surface area contributed by atoms with E-state index in [0.717, 1.165) is 16.7 Å². The van der Waals surface area contributed by atoms with Gasteiger partial charge in [0.25, 0.3) is 5.91 Å². The topological polar surface area (TPSA) is 42.2 Å². The van der Waals surface area contributed by atoms with E-state index in [2.05, 4.69) is 28.2 Å². The molecule has 0 aromatic carbocycles. The summed E-state index contributed by atoms with van der Waals surface area (Å²) >= 11 is 3.38. The molecule has 1 rings (SSSR count). The normalized spacial score (nSPS) is 12.6. The van der Waals surface area contributed by atoms with Crippen LogP contribution in [0.3, 0.4) is 0 Å². The smallest absolute Gasteiger partial charge is 0.255 e. The first-order chi connectivity index (χ1) is 7.47. The Morgan fingerprint density at radius 1 is 1.38 bits per heavy atom. The summed E-state index contributed by atoms with van der Waals surface area (Å²) in [6, 6.07) is 0. The summed E-state index contributed by atoms with van der Waals surface area (Å²) in [6.07, 6.45) is 0. The first-order valence-electron chi connectivity index (χ1n) is 5.38. The summed E-state index contributed by atoms with van der Waals surface area (Å²) in [4.78, 5) is 11.9. The number of nitrogens with one attached hydrogen (secondary N) is 1. The molecule has 0 saturated heterocycles. The highest BCUT2D eigenvalue weighted by Crippen LogP contribution is 2.20. The van der Waals surface area contributed by atoms with Crippen LogP contribution in [0.4, 0.5) is 0 Å². The van der Waals surface area contributed by atoms with Gasteiger partial charge in [0.15, 0.2) is 0 Å². The third-order valence-corrected chi connectivity index (χ3v) is 3.77. The van der Waals surface area contributed by atoms with E-state index in [-0.39, 0.29) is 5.91 Å². The Labute approximate surface area is 105 Å². The van der Waals surface area contributed by atoms with Crippen molar-refractivity contribution in [2.75, 3.05) is 11.9 Å². The zero-order valence-electron chi connectivity index (χ0n) is 10.2. The number of alkyl halides is 1. The van der Waals surface area contributed by atoms with Crippen molar-refractivity contribution in [3.63, 3.8) is 0 Å². The number of halogens is 1. The highest BCUT2D eigenvalue weighted by molar-refractivity contribution is 9.09. The van der Waals surface area contributed by atoms with Crippen molar-refractivity contribution < 1.29 is 9.21 Å². The maximum atomic E-state index is 11.9. The minimum absolute atomic E-state index is 0.0420. The van der Waals surface area contributed by atoms with Crippen molar-refractivity contribution in [3.8, 4) is 0 Å². The third kappa shape index (κ3) is 2.88.